The summed E-state index contributed by atoms with van der Waals surface area (Å²) in [6.45, 7) is 1.82. The molecule has 0 radical (unpaired) electrons. The average molecular weight is 237 g/mol. The summed E-state index contributed by atoms with van der Waals surface area (Å²) in [7, 11) is 0. The van der Waals surface area contributed by atoms with Crippen LogP contribution in [0.1, 0.15) is 24.4 Å². The first-order valence-corrected chi connectivity index (χ1v) is 5.62. The zero-order chi connectivity index (χ0) is 12.4. The maximum absolute atomic E-state index is 11.6. The molecule has 2 N–H and O–H groups in total. The van der Waals surface area contributed by atoms with E-state index in [2.05, 4.69) is 5.32 Å². The first-order chi connectivity index (χ1) is 8.04. The van der Waals surface area contributed by atoms with Gasteiger partial charge in [-0.05, 0) is 31.9 Å². The summed E-state index contributed by atoms with van der Waals surface area (Å²) >= 11 is 0. The van der Waals surface area contributed by atoms with Gasteiger partial charge < -0.3 is 14.8 Å². The number of aliphatic carboxylic acids is 1. The smallest absolute Gasteiger partial charge is 0.306 e. The van der Waals surface area contributed by atoms with Crippen LogP contribution in [0.2, 0.25) is 0 Å². The lowest BCUT2D eigenvalue weighted by Gasteiger charge is -2.32. The highest BCUT2D eigenvalue weighted by atomic mass is 16.4. The molecule has 17 heavy (non-hydrogen) atoms. The highest BCUT2D eigenvalue weighted by Crippen LogP contribution is 2.27. The fourth-order valence-electron chi connectivity index (χ4n) is 1.95. The van der Waals surface area contributed by atoms with Crippen LogP contribution in [0.3, 0.4) is 0 Å². The summed E-state index contributed by atoms with van der Waals surface area (Å²) in [6, 6.07) is 3.59. The van der Waals surface area contributed by atoms with Gasteiger partial charge in [0.15, 0.2) is 0 Å². The Morgan fingerprint density at radius 2 is 2.18 bits per heavy atom. The zero-order valence-electron chi connectivity index (χ0n) is 9.60. The van der Waals surface area contributed by atoms with Crippen LogP contribution >= 0.6 is 0 Å². The largest absolute Gasteiger partial charge is 0.481 e. The molecular weight excluding hydrogens is 222 g/mol. The van der Waals surface area contributed by atoms with Gasteiger partial charge in [0, 0.05) is 6.04 Å². The Balaban J connectivity index is 1.74. The highest BCUT2D eigenvalue weighted by molar-refractivity contribution is 5.79. The molecule has 92 valence electrons. The molecule has 0 bridgehead atoms. The third kappa shape index (κ3) is 2.87. The van der Waals surface area contributed by atoms with Gasteiger partial charge in [-0.25, -0.2) is 0 Å². The van der Waals surface area contributed by atoms with E-state index in [1.807, 2.05) is 13.0 Å². The number of carboxylic acids is 1. The van der Waals surface area contributed by atoms with Crippen molar-refractivity contribution in [2.75, 3.05) is 0 Å². The van der Waals surface area contributed by atoms with Crippen LogP contribution in [0.5, 0.6) is 0 Å². The lowest BCUT2D eigenvalue weighted by molar-refractivity contribution is -0.146. The number of hydrogen-bond donors (Lipinski definition) is 2. The van der Waals surface area contributed by atoms with Gasteiger partial charge in [0.1, 0.15) is 11.5 Å². The number of amides is 1. The number of furan rings is 1. The molecule has 1 aromatic heterocycles. The van der Waals surface area contributed by atoms with Crippen LogP contribution in [0.4, 0.5) is 0 Å². The van der Waals surface area contributed by atoms with Crippen molar-refractivity contribution in [3.05, 3.63) is 23.7 Å². The molecule has 5 nitrogen and oxygen atoms in total. The third-order valence-electron chi connectivity index (χ3n) is 2.98. The van der Waals surface area contributed by atoms with E-state index in [9.17, 15) is 9.59 Å². The van der Waals surface area contributed by atoms with Gasteiger partial charge in [0.05, 0.1) is 12.3 Å². The van der Waals surface area contributed by atoms with E-state index >= 15 is 0 Å². The van der Waals surface area contributed by atoms with Crippen LogP contribution in [-0.2, 0) is 16.0 Å². The van der Waals surface area contributed by atoms with Gasteiger partial charge in [-0.3, -0.25) is 9.59 Å². The fourth-order valence-corrected chi connectivity index (χ4v) is 1.95. The van der Waals surface area contributed by atoms with Gasteiger partial charge in [0.2, 0.25) is 5.91 Å². The van der Waals surface area contributed by atoms with E-state index in [4.69, 9.17) is 9.52 Å². The van der Waals surface area contributed by atoms with Crippen LogP contribution in [0.25, 0.3) is 0 Å². The summed E-state index contributed by atoms with van der Waals surface area (Å²) in [5.41, 5.74) is 0. The number of aryl methyl sites for hydroxylation is 1. The monoisotopic (exact) mass is 237 g/mol. The molecule has 1 aliphatic rings. The van der Waals surface area contributed by atoms with Crippen LogP contribution in [0, 0.1) is 12.8 Å². The molecule has 1 aromatic rings. The lowest BCUT2D eigenvalue weighted by Crippen LogP contribution is -2.47. The molecule has 2 rings (SSSR count). The van der Waals surface area contributed by atoms with Crippen LogP contribution in [0.15, 0.2) is 16.5 Å². The Kier molecular flexibility index (Phi) is 3.17. The molecular formula is C12H15NO4. The Bertz CT molecular complexity index is 431. The standard InChI is InChI=1S/C12H15NO4/c1-7-2-3-10(17-7)6-11(14)13-9-4-8(5-9)12(15)16/h2-3,8-9H,4-6H2,1H3,(H,13,14)(H,15,16). The Morgan fingerprint density at radius 1 is 1.47 bits per heavy atom. The predicted octanol–water partition coefficient (Wildman–Crippen LogP) is 1.11. The van der Waals surface area contributed by atoms with Crippen molar-refractivity contribution in [3.63, 3.8) is 0 Å². The van der Waals surface area contributed by atoms with Crippen molar-refractivity contribution < 1.29 is 19.1 Å². The number of carbonyl (C=O) groups is 2. The van der Waals surface area contributed by atoms with Gasteiger partial charge >= 0.3 is 5.97 Å². The highest BCUT2D eigenvalue weighted by Gasteiger charge is 2.35. The van der Waals surface area contributed by atoms with Gasteiger partial charge in [-0.15, -0.1) is 0 Å². The van der Waals surface area contributed by atoms with Crippen molar-refractivity contribution in [1.82, 2.24) is 5.32 Å². The molecule has 5 heteroatoms. The minimum absolute atomic E-state index is 0.000316. The Hall–Kier alpha value is -1.78. The number of carbonyl (C=O) groups excluding carboxylic acids is 1. The normalized spacial score (nSPS) is 22.9. The summed E-state index contributed by atoms with van der Waals surface area (Å²) < 4.78 is 5.29. The Morgan fingerprint density at radius 3 is 2.71 bits per heavy atom. The van der Waals surface area contributed by atoms with Gasteiger partial charge in [0.25, 0.3) is 0 Å². The second-order valence-corrected chi connectivity index (χ2v) is 4.46. The first kappa shape index (κ1) is 11.7. The van der Waals surface area contributed by atoms with Gasteiger partial charge in [-0.2, -0.15) is 0 Å². The number of nitrogens with one attached hydrogen (secondary N) is 1. The van der Waals surface area contributed by atoms with E-state index in [1.165, 1.54) is 0 Å². The molecule has 0 aliphatic heterocycles. The maximum atomic E-state index is 11.6. The second kappa shape index (κ2) is 4.61. The summed E-state index contributed by atoms with van der Waals surface area (Å²) in [5.74, 6) is 0.216. The van der Waals surface area contributed by atoms with Crippen molar-refractivity contribution in [2.24, 2.45) is 5.92 Å². The molecule has 1 heterocycles. The zero-order valence-corrected chi connectivity index (χ0v) is 9.60. The molecule has 0 saturated heterocycles. The number of carboxylic acid groups (broad SMARTS) is 1. The summed E-state index contributed by atoms with van der Waals surface area (Å²) in [6.07, 6.45) is 1.26. The SMILES string of the molecule is Cc1ccc(CC(=O)NC2CC(C(=O)O)C2)o1. The predicted molar refractivity (Wildman–Crippen MR) is 59.4 cm³/mol. The van der Waals surface area contributed by atoms with Crippen LogP contribution in [-0.4, -0.2) is 23.0 Å². The van der Waals surface area contributed by atoms with E-state index < -0.39 is 5.97 Å². The van der Waals surface area contributed by atoms with E-state index in [0.29, 0.717) is 18.6 Å². The number of hydrogen-bond acceptors (Lipinski definition) is 3. The lowest BCUT2D eigenvalue weighted by atomic mass is 9.80. The summed E-state index contributed by atoms with van der Waals surface area (Å²) in [4.78, 5) is 22.2. The number of rotatable bonds is 4. The molecule has 0 aromatic carbocycles. The summed E-state index contributed by atoms with van der Waals surface area (Å²) in [5, 5.41) is 11.5. The van der Waals surface area contributed by atoms with Crippen molar-refractivity contribution in [2.45, 2.75) is 32.2 Å². The molecule has 1 amide bonds. The average Bonchev–Trinajstić information content (AvgIpc) is 2.56. The molecule has 0 unspecified atom stereocenters. The Labute approximate surface area is 98.8 Å². The second-order valence-electron chi connectivity index (χ2n) is 4.46. The minimum atomic E-state index is -0.780. The maximum Gasteiger partial charge on any atom is 0.306 e. The quantitative estimate of drug-likeness (QED) is 0.822. The fraction of sp³-hybridized carbons (Fsp3) is 0.500. The third-order valence-corrected chi connectivity index (χ3v) is 2.98. The first-order valence-electron chi connectivity index (χ1n) is 5.62. The van der Waals surface area contributed by atoms with E-state index in [0.717, 1.165) is 5.76 Å². The molecule has 0 spiro atoms. The van der Waals surface area contributed by atoms with Crippen LogP contribution < -0.4 is 5.32 Å². The molecule has 1 aliphatic carbocycles. The minimum Gasteiger partial charge on any atom is -0.481 e. The molecule has 1 fully saturated rings. The molecule has 0 atom stereocenters. The van der Waals surface area contributed by atoms with Crippen molar-refractivity contribution >= 4 is 11.9 Å². The van der Waals surface area contributed by atoms with Crippen molar-refractivity contribution in [1.29, 1.82) is 0 Å². The van der Waals surface area contributed by atoms with E-state index in [-0.39, 0.29) is 24.3 Å². The van der Waals surface area contributed by atoms with Gasteiger partial charge in [-0.1, -0.05) is 0 Å². The van der Waals surface area contributed by atoms with E-state index in [1.54, 1.807) is 6.07 Å². The topological polar surface area (TPSA) is 79.5 Å². The van der Waals surface area contributed by atoms with Crippen molar-refractivity contribution in [3.8, 4) is 0 Å². The molecule has 1 saturated carbocycles.